The van der Waals surface area contributed by atoms with E-state index < -0.39 is 0 Å². The van der Waals surface area contributed by atoms with E-state index in [9.17, 15) is 9.90 Å². The van der Waals surface area contributed by atoms with E-state index >= 15 is 0 Å². The van der Waals surface area contributed by atoms with E-state index in [0.717, 1.165) is 18.4 Å². The highest BCUT2D eigenvalue weighted by Gasteiger charge is 2.28. The number of hydrogen-bond acceptors (Lipinski definition) is 3. The molecule has 1 aliphatic heterocycles. The molecule has 0 spiro atoms. The Morgan fingerprint density at radius 2 is 2.21 bits per heavy atom. The zero-order valence-corrected chi connectivity index (χ0v) is 10.9. The van der Waals surface area contributed by atoms with Gasteiger partial charge in [-0.3, -0.25) is 4.79 Å². The molecule has 2 heterocycles. The average molecular weight is 278 g/mol. The fraction of sp³-hybridized carbons (Fsp3) is 0.214. The number of benzene rings is 1. The summed E-state index contributed by atoms with van der Waals surface area (Å²) in [6.07, 6.45) is 3.09. The Labute approximate surface area is 115 Å². The third-order valence-electron chi connectivity index (χ3n) is 3.29. The van der Waals surface area contributed by atoms with Gasteiger partial charge < -0.3 is 14.4 Å². The lowest BCUT2D eigenvalue weighted by molar-refractivity contribution is 0.0984. The number of halogens is 1. The van der Waals surface area contributed by atoms with Crippen molar-refractivity contribution in [2.45, 2.75) is 12.8 Å². The van der Waals surface area contributed by atoms with Gasteiger partial charge >= 0.3 is 0 Å². The van der Waals surface area contributed by atoms with Gasteiger partial charge in [0, 0.05) is 6.54 Å². The fourth-order valence-corrected chi connectivity index (χ4v) is 2.62. The Kier molecular flexibility index (Phi) is 2.95. The van der Waals surface area contributed by atoms with Crippen LogP contribution in [0.2, 0.25) is 5.22 Å². The van der Waals surface area contributed by atoms with Crippen LogP contribution in [0.1, 0.15) is 22.3 Å². The van der Waals surface area contributed by atoms with Crippen LogP contribution in [0.25, 0.3) is 0 Å². The SMILES string of the molecule is O=C(c1ccoc1Cl)N1CCCc2cccc(O)c21. The minimum absolute atomic E-state index is 0.0764. The quantitative estimate of drug-likeness (QED) is 0.871. The zero-order valence-electron chi connectivity index (χ0n) is 10.1. The molecule has 5 heteroatoms. The summed E-state index contributed by atoms with van der Waals surface area (Å²) in [6.45, 7) is 0.560. The van der Waals surface area contributed by atoms with E-state index in [1.165, 1.54) is 6.26 Å². The van der Waals surface area contributed by atoms with Crippen LogP contribution >= 0.6 is 11.6 Å². The molecule has 0 saturated carbocycles. The normalized spacial score (nSPS) is 14.3. The number of furan rings is 1. The molecule has 1 aliphatic rings. The van der Waals surface area contributed by atoms with Crippen LogP contribution < -0.4 is 4.90 Å². The van der Waals surface area contributed by atoms with E-state index in [-0.39, 0.29) is 16.9 Å². The predicted octanol–water partition coefficient (Wildman–Crippen LogP) is 3.23. The van der Waals surface area contributed by atoms with Gasteiger partial charge in [0.1, 0.15) is 5.75 Å². The van der Waals surface area contributed by atoms with Gasteiger partial charge in [-0.2, -0.15) is 0 Å². The Hall–Kier alpha value is -1.94. The number of carbonyl (C=O) groups excluding carboxylic acids is 1. The summed E-state index contributed by atoms with van der Waals surface area (Å²) in [5.41, 5.74) is 1.87. The number of phenolic OH excluding ortho intramolecular Hbond substituents is 1. The van der Waals surface area contributed by atoms with Crippen LogP contribution in [0.5, 0.6) is 5.75 Å². The second-order valence-electron chi connectivity index (χ2n) is 4.45. The molecule has 98 valence electrons. The molecule has 1 aromatic heterocycles. The van der Waals surface area contributed by atoms with E-state index in [2.05, 4.69) is 0 Å². The highest BCUT2D eigenvalue weighted by molar-refractivity contribution is 6.33. The van der Waals surface area contributed by atoms with Gasteiger partial charge in [0.25, 0.3) is 5.91 Å². The van der Waals surface area contributed by atoms with Gasteiger partial charge in [-0.1, -0.05) is 12.1 Å². The van der Waals surface area contributed by atoms with Crippen LogP contribution in [0.3, 0.4) is 0 Å². The molecular formula is C14H12ClNO3. The van der Waals surface area contributed by atoms with E-state index in [1.807, 2.05) is 6.07 Å². The van der Waals surface area contributed by atoms with E-state index in [4.69, 9.17) is 16.0 Å². The minimum Gasteiger partial charge on any atom is -0.506 e. The van der Waals surface area contributed by atoms with Crippen LogP contribution in [-0.2, 0) is 6.42 Å². The number of phenols is 1. The minimum atomic E-state index is -0.249. The van der Waals surface area contributed by atoms with Crippen molar-refractivity contribution in [3.05, 3.63) is 46.9 Å². The molecule has 0 aliphatic carbocycles. The number of nitrogens with zero attached hydrogens (tertiary/aromatic N) is 1. The first-order valence-corrected chi connectivity index (χ1v) is 6.42. The molecule has 0 unspecified atom stereocenters. The molecule has 19 heavy (non-hydrogen) atoms. The van der Waals surface area contributed by atoms with Crippen molar-refractivity contribution in [1.82, 2.24) is 0 Å². The smallest absolute Gasteiger partial charge is 0.263 e. The number of rotatable bonds is 1. The molecule has 0 atom stereocenters. The molecule has 0 saturated heterocycles. The Bertz CT molecular complexity index is 635. The van der Waals surface area contributed by atoms with Crippen LogP contribution in [0.15, 0.2) is 34.9 Å². The van der Waals surface area contributed by atoms with Gasteiger partial charge in [-0.25, -0.2) is 0 Å². The number of anilines is 1. The maximum atomic E-state index is 12.5. The second-order valence-corrected chi connectivity index (χ2v) is 4.80. The fourth-order valence-electron chi connectivity index (χ4n) is 2.43. The van der Waals surface area contributed by atoms with E-state index in [0.29, 0.717) is 17.8 Å². The maximum Gasteiger partial charge on any atom is 0.263 e. The summed E-state index contributed by atoms with van der Waals surface area (Å²) in [5.74, 6) is -0.133. The molecule has 0 radical (unpaired) electrons. The first-order chi connectivity index (χ1) is 9.18. The number of aryl methyl sites for hydroxylation is 1. The highest BCUT2D eigenvalue weighted by Crippen LogP contribution is 2.36. The van der Waals surface area contributed by atoms with Crippen molar-refractivity contribution in [2.75, 3.05) is 11.4 Å². The molecule has 3 rings (SSSR count). The second kappa shape index (κ2) is 4.63. The topological polar surface area (TPSA) is 53.7 Å². The van der Waals surface area contributed by atoms with Crippen molar-refractivity contribution < 1.29 is 14.3 Å². The summed E-state index contributed by atoms with van der Waals surface area (Å²) in [7, 11) is 0. The van der Waals surface area contributed by atoms with Gasteiger partial charge in [0.05, 0.1) is 17.5 Å². The third-order valence-corrected chi connectivity index (χ3v) is 3.58. The Balaban J connectivity index is 2.05. The van der Waals surface area contributed by atoms with Crippen molar-refractivity contribution in [3.63, 3.8) is 0 Å². The largest absolute Gasteiger partial charge is 0.506 e. The third kappa shape index (κ3) is 1.98. The van der Waals surface area contributed by atoms with Gasteiger partial charge in [0.2, 0.25) is 5.22 Å². The van der Waals surface area contributed by atoms with Crippen LogP contribution in [-0.4, -0.2) is 17.6 Å². The summed E-state index contributed by atoms with van der Waals surface area (Å²) >= 11 is 5.84. The Morgan fingerprint density at radius 3 is 2.95 bits per heavy atom. The van der Waals surface area contributed by atoms with Gasteiger partial charge in [-0.15, -0.1) is 0 Å². The Morgan fingerprint density at radius 1 is 1.37 bits per heavy atom. The van der Waals surface area contributed by atoms with Crippen LogP contribution in [0, 0.1) is 0 Å². The number of hydrogen-bond donors (Lipinski definition) is 1. The lowest BCUT2D eigenvalue weighted by Crippen LogP contribution is -2.35. The number of amides is 1. The first-order valence-electron chi connectivity index (χ1n) is 6.04. The zero-order chi connectivity index (χ0) is 13.4. The maximum absolute atomic E-state index is 12.5. The van der Waals surface area contributed by atoms with Crippen molar-refractivity contribution in [3.8, 4) is 5.75 Å². The molecule has 0 fully saturated rings. The number of fused-ring (bicyclic) bond motifs is 1. The molecular weight excluding hydrogens is 266 g/mol. The molecule has 0 bridgehead atoms. The van der Waals surface area contributed by atoms with E-state index in [1.54, 1.807) is 23.1 Å². The average Bonchev–Trinajstić information content (AvgIpc) is 2.84. The lowest BCUT2D eigenvalue weighted by atomic mass is 10.0. The monoisotopic (exact) mass is 277 g/mol. The summed E-state index contributed by atoms with van der Waals surface area (Å²) in [4.78, 5) is 14.0. The van der Waals surface area contributed by atoms with Gasteiger partial charge in [0.15, 0.2) is 0 Å². The van der Waals surface area contributed by atoms with Crippen molar-refractivity contribution in [1.29, 1.82) is 0 Å². The van der Waals surface area contributed by atoms with Gasteiger partial charge in [-0.05, 0) is 42.1 Å². The summed E-state index contributed by atoms with van der Waals surface area (Å²) in [5, 5.41) is 10.1. The molecule has 1 aromatic carbocycles. The van der Waals surface area contributed by atoms with Crippen LogP contribution in [0.4, 0.5) is 5.69 Å². The summed E-state index contributed by atoms with van der Waals surface area (Å²) in [6, 6.07) is 6.83. The predicted molar refractivity (Wildman–Crippen MR) is 71.8 cm³/mol. The van der Waals surface area contributed by atoms with Crippen molar-refractivity contribution in [2.24, 2.45) is 0 Å². The molecule has 4 nitrogen and oxygen atoms in total. The van der Waals surface area contributed by atoms with Crippen molar-refractivity contribution >= 4 is 23.2 Å². The molecule has 1 amide bonds. The first kappa shape index (κ1) is 12.1. The standard InChI is InChI=1S/C14H12ClNO3/c15-13-10(6-8-19-13)14(18)16-7-2-4-9-3-1-5-11(17)12(9)16/h1,3,5-6,8,17H,2,4,7H2. The lowest BCUT2D eigenvalue weighted by Gasteiger charge is -2.29. The number of carbonyl (C=O) groups is 1. The number of para-hydroxylation sites is 1. The molecule has 2 aromatic rings. The summed E-state index contributed by atoms with van der Waals surface area (Å²) < 4.78 is 4.95. The highest BCUT2D eigenvalue weighted by atomic mass is 35.5. The number of aromatic hydroxyl groups is 1. The molecule has 1 N–H and O–H groups in total.